The Kier molecular flexibility index (Phi) is 2.68. The van der Waals surface area contributed by atoms with Gasteiger partial charge in [0.2, 0.25) is 0 Å². The smallest absolute Gasteiger partial charge is 0.418 e. The van der Waals surface area contributed by atoms with E-state index in [4.69, 9.17) is 9.47 Å². The van der Waals surface area contributed by atoms with E-state index in [9.17, 15) is 9.59 Å². The lowest BCUT2D eigenvalue weighted by Crippen LogP contribution is -2.44. The van der Waals surface area contributed by atoms with Crippen LogP contribution in [0.2, 0.25) is 0 Å². The third-order valence-corrected chi connectivity index (χ3v) is 3.67. The van der Waals surface area contributed by atoms with Crippen LogP contribution in [-0.2, 0) is 19.1 Å². The second-order valence-electron chi connectivity index (χ2n) is 5.39. The molecule has 0 saturated heterocycles. The molecular weight excluding hydrogens is 208 g/mol. The van der Waals surface area contributed by atoms with Gasteiger partial charge in [0, 0.05) is 0 Å². The van der Waals surface area contributed by atoms with Crippen LogP contribution in [0.4, 0.5) is 0 Å². The zero-order chi connectivity index (χ0) is 11.8. The Morgan fingerprint density at radius 2 is 1.12 bits per heavy atom. The van der Waals surface area contributed by atoms with E-state index in [1.165, 1.54) is 0 Å². The predicted molar refractivity (Wildman–Crippen MR) is 56.7 cm³/mol. The van der Waals surface area contributed by atoms with Crippen molar-refractivity contribution in [2.24, 2.45) is 0 Å². The second kappa shape index (κ2) is 3.75. The molecule has 0 atom stereocenters. The summed E-state index contributed by atoms with van der Waals surface area (Å²) in [4.78, 5) is 22.9. The lowest BCUT2D eigenvalue weighted by molar-refractivity contribution is -0.193. The van der Waals surface area contributed by atoms with E-state index >= 15 is 0 Å². The Morgan fingerprint density at radius 1 is 0.812 bits per heavy atom. The molecule has 2 fully saturated rings. The highest BCUT2D eigenvalue weighted by atomic mass is 16.6. The Bertz CT molecular complexity index is 281. The first-order chi connectivity index (χ1) is 7.43. The van der Waals surface area contributed by atoms with Crippen LogP contribution in [0.15, 0.2) is 0 Å². The van der Waals surface area contributed by atoms with Gasteiger partial charge >= 0.3 is 11.9 Å². The van der Waals surface area contributed by atoms with Crippen molar-refractivity contribution in [3.05, 3.63) is 0 Å². The highest BCUT2D eigenvalue weighted by Gasteiger charge is 2.41. The molecular formula is C12H18O4. The van der Waals surface area contributed by atoms with Gasteiger partial charge in [0.05, 0.1) is 0 Å². The number of carbonyl (C=O) groups is 2. The molecule has 90 valence electrons. The molecule has 4 nitrogen and oxygen atoms in total. The van der Waals surface area contributed by atoms with Gasteiger partial charge in [0.1, 0.15) is 11.2 Å². The molecule has 0 N–H and O–H groups in total. The maximum Gasteiger partial charge on any atom is 0.418 e. The van der Waals surface area contributed by atoms with Crippen LogP contribution < -0.4 is 0 Å². The van der Waals surface area contributed by atoms with Crippen LogP contribution in [0.3, 0.4) is 0 Å². The van der Waals surface area contributed by atoms with Gasteiger partial charge in [0.15, 0.2) is 0 Å². The molecule has 0 heterocycles. The van der Waals surface area contributed by atoms with Gasteiger partial charge in [-0.1, -0.05) is 0 Å². The van der Waals surface area contributed by atoms with Gasteiger partial charge in [-0.15, -0.1) is 0 Å². The van der Waals surface area contributed by atoms with Crippen LogP contribution in [0.1, 0.15) is 52.4 Å². The summed E-state index contributed by atoms with van der Waals surface area (Å²) in [6, 6.07) is 0. The molecule has 0 amide bonds. The van der Waals surface area contributed by atoms with Crippen molar-refractivity contribution < 1.29 is 19.1 Å². The number of hydrogen-bond donors (Lipinski definition) is 0. The summed E-state index contributed by atoms with van der Waals surface area (Å²) in [7, 11) is 0. The molecule has 0 bridgehead atoms. The molecule has 0 aromatic rings. The van der Waals surface area contributed by atoms with E-state index in [2.05, 4.69) is 0 Å². The van der Waals surface area contributed by atoms with Crippen molar-refractivity contribution in [3.8, 4) is 0 Å². The zero-order valence-corrected chi connectivity index (χ0v) is 9.88. The van der Waals surface area contributed by atoms with Crippen molar-refractivity contribution in [3.63, 3.8) is 0 Å². The zero-order valence-electron chi connectivity index (χ0n) is 9.88. The maximum absolute atomic E-state index is 11.5. The normalized spacial score (nSPS) is 24.9. The lowest BCUT2D eigenvalue weighted by atomic mass is 9.81. The molecule has 2 aliphatic rings. The van der Waals surface area contributed by atoms with Gasteiger partial charge in [-0.2, -0.15) is 0 Å². The summed E-state index contributed by atoms with van der Waals surface area (Å²) in [6.45, 7) is 3.71. The van der Waals surface area contributed by atoms with Crippen LogP contribution >= 0.6 is 0 Å². The SMILES string of the molecule is CC1(OC(=O)C(=O)OC2(C)CCC2)CCC1. The molecule has 4 heteroatoms. The Balaban J connectivity index is 1.82. The molecule has 2 aliphatic carbocycles. The van der Waals surface area contributed by atoms with Crippen LogP contribution in [0.25, 0.3) is 0 Å². The Morgan fingerprint density at radius 3 is 1.31 bits per heavy atom. The van der Waals surface area contributed by atoms with Gasteiger partial charge in [-0.3, -0.25) is 0 Å². The molecule has 0 radical (unpaired) electrons. The molecule has 16 heavy (non-hydrogen) atoms. The Hall–Kier alpha value is -1.06. The highest BCUT2D eigenvalue weighted by molar-refractivity contribution is 6.29. The summed E-state index contributed by atoms with van der Waals surface area (Å²) in [5, 5.41) is 0. The van der Waals surface area contributed by atoms with Gasteiger partial charge in [0.25, 0.3) is 0 Å². The number of ether oxygens (including phenoxy) is 2. The minimum Gasteiger partial charge on any atom is -0.451 e. The van der Waals surface area contributed by atoms with Crippen LogP contribution in [0, 0.1) is 0 Å². The topological polar surface area (TPSA) is 52.6 Å². The van der Waals surface area contributed by atoms with E-state index < -0.39 is 23.1 Å². The van der Waals surface area contributed by atoms with Crippen LogP contribution in [-0.4, -0.2) is 23.1 Å². The first-order valence-electron chi connectivity index (χ1n) is 5.89. The fourth-order valence-electron chi connectivity index (χ4n) is 2.08. The third-order valence-electron chi connectivity index (χ3n) is 3.67. The summed E-state index contributed by atoms with van der Waals surface area (Å²) < 4.78 is 10.3. The lowest BCUT2D eigenvalue weighted by Gasteiger charge is -2.39. The van der Waals surface area contributed by atoms with Crippen LogP contribution in [0.5, 0.6) is 0 Å². The first kappa shape index (κ1) is 11.4. The van der Waals surface area contributed by atoms with E-state index in [0.717, 1.165) is 38.5 Å². The summed E-state index contributed by atoms with van der Waals surface area (Å²) in [5.41, 5.74) is -0.868. The average molecular weight is 226 g/mol. The fourth-order valence-corrected chi connectivity index (χ4v) is 2.08. The van der Waals surface area contributed by atoms with Crippen molar-refractivity contribution in [2.75, 3.05) is 0 Å². The highest BCUT2D eigenvalue weighted by Crippen LogP contribution is 2.37. The van der Waals surface area contributed by atoms with E-state index in [0.29, 0.717) is 0 Å². The monoisotopic (exact) mass is 226 g/mol. The van der Waals surface area contributed by atoms with Crippen molar-refractivity contribution in [1.29, 1.82) is 0 Å². The summed E-state index contributed by atoms with van der Waals surface area (Å²) in [5.74, 6) is -1.68. The summed E-state index contributed by atoms with van der Waals surface area (Å²) in [6.07, 6.45) is 5.45. The molecule has 2 saturated carbocycles. The summed E-state index contributed by atoms with van der Waals surface area (Å²) >= 11 is 0. The third kappa shape index (κ3) is 2.20. The van der Waals surface area contributed by atoms with E-state index in [1.54, 1.807) is 0 Å². The molecule has 0 spiro atoms. The van der Waals surface area contributed by atoms with Crippen molar-refractivity contribution >= 4 is 11.9 Å². The minimum atomic E-state index is -0.838. The van der Waals surface area contributed by atoms with E-state index in [-0.39, 0.29) is 0 Å². The standard InChI is InChI=1S/C12H18O4/c1-11(5-3-6-11)15-9(13)10(14)16-12(2)7-4-8-12/h3-8H2,1-2H3. The van der Waals surface area contributed by atoms with Crippen molar-refractivity contribution in [1.82, 2.24) is 0 Å². The van der Waals surface area contributed by atoms with Gasteiger partial charge in [-0.25, -0.2) is 9.59 Å². The number of hydrogen-bond acceptors (Lipinski definition) is 4. The van der Waals surface area contributed by atoms with Gasteiger partial charge in [-0.05, 0) is 52.4 Å². The first-order valence-corrected chi connectivity index (χ1v) is 5.89. The Labute approximate surface area is 95.3 Å². The maximum atomic E-state index is 11.5. The molecule has 0 aromatic carbocycles. The molecule has 0 unspecified atom stereocenters. The quantitative estimate of drug-likeness (QED) is 0.533. The fraction of sp³-hybridized carbons (Fsp3) is 0.833. The number of carbonyl (C=O) groups excluding carboxylic acids is 2. The largest absolute Gasteiger partial charge is 0.451 e. The number of esters is 2. The second-order valence-corrected chi connectivity index (χ2v) is 5.39. The van der Waals surface area contributed by atoms with E-state index in [1.807, 2.05) is 13.8 Å². The molecule has 2 rings (SSSR count). The minimum absolute atomic E-state index is 0.434. The predicted octanol–water partition coefficient (Wildman–Crippen LogP) is 1.96. The molecule has 0 aliphatic heterocycles. The van der Waals surface area contributed by atoms with Gasteiger partial charge < -0.3 is 9.47 Å². The van der Waals surface area contributed by atoms with Crippen molar-refractivity contribution in [2.45, 2.75) is 63.6 Å². The number of rotatable bonds is 2. The molecule has 0 aromatic heterocycles. The average Bonchev–Trinajstić information content (AvgIpc) is 2.12.